The summed E-state index contributed by atoms with van der Waals surface area (Å²) in [4.78, 5) is 40.5. The molecule has 8 nitrogen and oxygen atoms in total. The molecule has 0 aliphatic carbocycles. The van der Waals surface area contributed by atoms with Gasteiger partial charge in [-0.3, -0.25) is 9.59 Å². The van der Waals surface area contributed by atoms with Crippen molar-refractivity contribution in [3.05, 3.63) is 24.3 Å². The molecule has 0 heterocycles. The standard InChI is InChI=1S/C47H90N4O4/c1-5-9-11-13-15-17-19-21-23-25-27-29-31-33-35-37-41-49-46(53)44(50-47(54)55-43-42-51(7-3)8-4)38-39-45(52)48-40-36-34-32-30-28-26-24-22-20-18-16-14-12-10-6-2/h20-23,44H,5-19,24-43H2,1-4H3,(H,48,52)(H,49,53)(H,50,54)/b22-20-,23-21-. The van der Waals surface area contributed by atoms with E-state index in [0.717, 1.165) is 45.2 Å². The predicted molar refractivity (Wildman–Crippen MR) is 236 cm³/mol. The van der Waals surface area contributed by atoms with E-state index in [0.29, 0.717) is 19.6 Å². The van der Waals surface area contributed by atoms with Crippen LogP contribution in [0.25, 0.3) is 0 Å². The zero-order chi connectivity index (χ0) is 40.3. The number of likely N-dealkylation sites (N-methyl/N-ethyl adjacent to an activating group) is 1. The highest BCUT2D eigenvalue weighted by Crippen LogP contribution is 2.11. The number of hydrogen-bond acceptors (Lipinski definition) is 5. The van der Waals surface area contributed by atoms with Crippen molar-refractivity contribution in [1.29, 1.82) is 0 Å². The molecule has 0 spiro atoms. The lowest BCUT2D eigenvalue weighted by molar-refractivity contribution is -0.124. The minimum absolute atomic E-state index is 0.0834. The van der Waals surface area contributed by atoms with Crippen molar-refractivity contribution in [2.75, 3.05) is 39.3 Å². The van der Waals surface area contributed by atoms with Gasteiger partial charge in [-0.15, -0.1) is 0 Å². The van der Waals surface area contributed by atoms with E-state index in [4.69, 9.17) is 4.74 Å². The average molecular weight is 775 g/mol. The Kier molecular flexibility index (Phi) is 41.0. The van der Waals surface area contributed by atoms with Crippen molar-refractivity contribution in [1.82, 2.24) is 20.9 Å². The average Bonchev–Trinajstić information content (AvgIpc) is 3.19. The number of alkyl carbamates (subject to hydrolysis) is 1. The minimum Gasteiger partial charge on any atom is -0.448 e. The maximum Gasteiger partial charge on any atom is 0.407 e. The van der Waals surface area contributed by atoms with E-state index in [1.54, 1.807) is 0 Å². The van der Waals surface area contributed by atoms with Crippen LogP contribution in [-0.2, 0) is 14.3 Å². The lowest BCUT2D eigenvalue weighted by Crippen LogP contribution is -2.48. The molecule has 0 saturated heterocycles. The first-order valence-electron chi connectivity index (χ1n) is 23.5. The van der Waals surface area contributed by atoms with Gasteiger partial charge < -0.3 is 25.6 Å². The smallest absolute Gasteiger partial charge is 0.407 e. The minimum atomic E-state index is -0.804. The number of unbranched alkanes of at least 4 members (excludes halogenated alkanes) is 23. The second-order valence-corrected chi connectivity index (χ2v) is 15.6. The number of nitrogens with zero attached hydrogens (tertiary/aromatic N) is 1. The number of carbonyl (C=O) groups is 3. The highest BCUT2D eigenvalue weighted by molar-refractivity contribution is 5.86. The van der Waals surface area contributed by atoms with Crippen LogP contribution in [0.1, 0.15) is 214 Å². The van der Waals surface area contributed by atoms with E-state index < -0.39 is 12.1 Å². The third-order valence-electron chi connectivity index (χ3n) is 10.6. The highest BCUT2D eigenvalue weighted by atomic mass is 16.5. The number of amides is 3. The van der Waals surface area contributed by atoms with Crippen molar-refractivity contribution in [2.24, 2.45) is 0 Å². The van der Waals surface area contributed by atoms with E-state index in [-0.39, 0.29) is 31.3 Å². The van der Waals surface area contributed by atoms with Crippen LogP contribution in [0, 0.1) is 0 Å². The van der Waals surface area contributed by atoms with Gasteiger partial charge in [-0.05, 0) is 83.7 Å². The van der Waals surface area contributed by atoms with Crippen molar-refractivity contribution in [3.63, 3.8) is 0 Å². The summed E-state index contributed by atoms with van der Waals surface area (Å²) in [5.74, 6) is -0.334. The SMILES string of the molecule is CCCCCCC/C=C\CCCCCCCCNC(=O)CCC(NC(=O)OCCN(CC)CC)C(=O)NCCCCCCCC/C=C\CCCCCCCC. The molecule has 3 N–H and O–H groups in total. The quantitative estimate of drug-likeness (QED) is 0.0424. The molecule has 8 heteroatoms. The summed E-state index contributed by atoms with van der Waals surface area (Å²) in [7, 11) is 0. The van der Waals surface area contributed by atoms with Gasteiger partial charge in [0.05, 0.1) is 0 Å². The first-order valence-corrected chi connectivity index (χ1v) is 23.5. The van der Waals surface area contributed by atoms with Crippen LogP contribution in [0.2, 0.25) is 0 Å². The number of allylic oxidation sites excluding steroid dienone is 4. The van der Waals surface area contributed by atoms with Crippen LogP contribution < -0.4 is 16.0 Å². The molecule has 0 aromatic carbocycles. The number of rotatable bonds is 41. The van der Waals surface area contributed by atoms with Gasteiger partial charge in [0.25, 0.3) is 0 Å². The van der Waals surface area contributed by atoms with Gasteiger partial charge in [-0.1, -0.05) is 161 Å². The fourth-order valence-corrected chi connectivity index (χ4v) is 6.75. The Bertz CT molecular complexity index is 921. The van der Waals surface area contributed by atoms with Crippen molar-refractivity contribution in [2.45, 2.75) is 220 Å². The molecule has 0 aliphatic heterocycles. The molecule has 0 aromatic rings. The molecule has 1 unspecified atom stereocenters. The van der Waals surface area contributed by atoms with Gasteiger partial charge in [0, 0.05) is 26.1 Å². The second-order valence-electron chi connectivity index (χ2n) is 15.6. The van der Waals surface area contributed by atoms with Crippen LogP contribution in [0.15, 0.2) is 24.3 Å². The Morgan fingerprint density at radius 3 is 1.36 bits per heavy atom. The van der Waals surface area contributed by atoms with Crippen LogP contribution in [0.4, 0.5) is 4.79 Å². The Balaban J connectivity index is 4.26. The summed E-state index contributed by atoms with van der Waals surface area (Å²) >= 11 is 0. The third-order valence-corrected chi connectivity index (χ3v) is 10.6. The number of nitrogens with one attached hydrogen (secondary N) is 3. The molecule has 0 saturated carbocycles. The maximum absolute atomic E-state index is 13.1. The molecule has 0 bridgehead atoms. The largest absolute Gasteiger partial charge is 0.448 e. The Morgan fingerprint density at radius 2 is 0.927 bits per heavy atom. The predicted octanol–water partition coefficient (Wildman–Crippen LogP) is 12.1. The van der Waals surface area contributed by atoms with Crippen molar-refractivity contribution >= 4 is 17.9 Å². The highest BCUT2D eigenvalue weighted by Gasteiger charge is 2.22. The monoisotopic (exact) mass is 775 g/mol. The van der Waals surface area contributed by atoms with Crippen LogP contribution in [-0.4, -0.2) is 68.2 Å². The summed E-state index contributed by atoms with van der Waals surface area (Å²) in [6.07, 6.45) is 42.8. The maximum atomic E-state index is 13.1. The molecule has 3 amide bonds. The zero-order valence-electron chi connectivity index (χ0n) is 36.7. The van der Waals surface area contributed by atoms with E-state index in [1.807, 2.05) is 0 Å². The molecule has 0 aromatic heterocycles. The fourth-order valence-electron chi connectivity index (χ4n) is 6.75. The summed E-state index contributed by atoms with van der Waals surface area (Å²) in [5, 5.41) is 8.73. The zero-order valence-corrected chi connectivity index (χ0v) is 36.7. The van der Waals surface area contributed by atoms with E-state index in [2.05, 4.69) is 72.8 Å². The van der Waals surface area contributed by atoms with Gasteiger partial charge in [0.1, 0.15) is 12.6 Å². The van der Waals surface area contributed by atoms with Gasteiger partial charge in [-0.2, -0.15) is 0 Å². The lowest BCUT2D eigenvalue weighted by Gasteiger charge is -2.20. The topological polar surface area (TPSA) is 99.8 Å². The van der Waals surface area contributed by atoms with Gasteiger partial charge >= 0.3 is 6.09 Å². The van der Waals surface area contributed by atoms with E-state index in [9.17, 15) is 14.4 Å². The van der Waals surface area contributed by atoms with Crippen molar-refractivity contribution < 1.29 is 19.1 Å². The molecule has 0 radical (unpaired) electrons. The molecule has 1 atom stereocenters. The van der Waals surface area contributed by atoms with E-state index in [1.165, 1.54) is 141 Å². The van der Waals surface area contributed by atoms with Gasteiger partial charge in [0.15, 0.2) is 0 Å². The molecule has 55 heavy (non-hydrogen) atoms. The summed E-state index contributed by atoms with van der Waals surface area (Å²) in [6.45, 7) is 12.6. The molecular formula is C47H90N4O4. The van der Waals surface area contributed by atoms with Crippen molar-refractivity contribution in [3.8, 4) is 0 Å². The first-order chi connectivity index (χ1) is 27.0. The number of hydrogen-bond donors (Lipinski definition) is 3. The second kappa shape index (κ2) is 42.8. The Labute approximate surface area is 340 Å². The third kappa shape index (κ3) is 38.3. The normalized spacial score (nSPS) is 12.2. The van der Waals surface area contributed by atoms with Crippen LogP contribution in [0.5, 0.6) is 0 Å². The fraction of sp³-hybridized carbons (Fsp3) is 0.851. The Morgan fingerprint density at radius 1 is 0.527 bits per heavy atom. The molecule has 0 rings (SSSR count). The van der Waals surface area contributed by atoms with Crippen LogP contribution in [0.3, 0.4) is 0 Å². The molecule has 0 fully saturated rings. The Hall–Kier alpha value is -2.35. The first kappa shape index (κ1) is 52.6. The lowest BCUT2D eigenvalue weighted by atomic mass is 10.1. The summed E-state index contributed by atoms with van der Waals surface area (Å²) < 4.78 is 5.39. The van der Waals surface area contributed by atoms with Gasteiger partial charge in [-0.25, -0.2) is 4.79 Å². The number of ether oxygens (including phenoxy) is 1. The summed E-state index contributed by atoms with van der Waals surface area (Å²) in [6, 6.07) is -0.804. The number of carbonyl (C=O) groups excluding carboxylic acids is 3. The molecule has 322 valence electrons. The van der Waals surface area contributed by atoms with Gasteiger partial charge in [0.2, 0.25) is 11.8 Å². The molecule has 0 aliphatic rings. The van der Waals surface area contributed by atoms with Crippen LogP contribution >= 0.6 is 0 Å². The molecular weight excluding hydrogens is 685 g/mol. The van der Waals surface area contributed by atoms with E-state index >= 15 is 0 Å². The summed E-state index contributed by atoms with van der Waals surface area (Å²) in [5.41, 5.74) is 0.